The number of hydrogen-bond donors (Lipinski definition) is 0. The third-order valence-corrected chi connectivity index (χ3v) is 2.09. The van der Waals surface area contributed by atoms with Crippen LogP contribution in [0, 0.1) is 5.82 Å². The maximum absolute atomic E-state index is 13.4. The Morgan fingerprint density at radius 3 is 2.27 bits per heavy atom. The molecule has 1 unspecified atom stereocenters. The molecule has 3 heteroatoms. The second-order valence-electron chi connectivity index (χ2n) is 4.56. The molecule has 0 fully saturated rings. The summed E-state index contributed by atoms with van der Waals surface area (Å²) in [6.07, 6.45) is -1.50. The molecule has 0 saturated carbocycles. The lowest BCUT2D eigenvalue weighted by Gasteiger charge is -2.19. The van der Waals surface area contributed by atoms with Crippen molar-refractivity contribution in [3.8, 4) is 5.75 Å². The molecular weight excluding hydrogens is 198 g/mol. The zero-order chi connectivity index (χ0) is 11.6. The van der Waals surface area contributed by atoms with Gasteiger partial charge in [-0.3, -0.25) is 0 Å². The van der Waals surface area contributed by atoms with Crippen molar-refractivity contribution < 1.29 is 13.5 Å². The van der Waals surface area contributed by atoms with Crippen molar-refractivity contribution in [3.05, 3.63) is 29.6 Å². The minimum Gasteiger partial charge on any atom is -0.458 e. The van der Waals surface area contributed by atoms with Crippen LogP contribution in [0.5, 0.6) is 5.75 Å². The van der Waals surface area contributed by atoms with E-state index in [1.165, 1.54) is 19.1 Å². The molecule has 0 aliphatic rings. The Kier molecular flexibility index (Phi) is 3.32. The monoisotopic (exact) mass is 214 g/mol. The van der Waals surface area contributed by atoms with Gasteiger partial charge in [-0.25, -0.2) is 8.78 Å². The first-order valence-corrected chi connectivity index (χ1v) is 4.91. The highest BCUT2D eigenvalue weighted by molar-refractivity contribution is 5.32. The summed E-state index contributed by atoms with van der Waals surface area (Å²) in [5.74, 6) is -0.565. The number of alkyl halides is 1. The van der Waals surface area contributed by atoms with Crippen molar-refractivity contribution >= 4 is 0 Å². The molecule has 1 rings (SSSR count). The van der Waals surface area contributed by atoms with E-state index >= 15 is 0 Å². The molecular formula is C12H16F2O. The molecule has 1 atom stereocenters. The summed E-state index contributed by atoms with van der Waals surface area (Å²) in [6.45, 7) is 7.18. The van der Waals surface area contributed by atoms with Crippen LogP contribution in [-0.4, -0.2) is 6.36 Å². The van der Waals surface area contributed by atoms with Crippen LogP contribution >= 0.6 is 0 Å². The molecule has 0 aliphatic heterocycles. The Bertz CT molecular complexity index is 340. The summed E-state index contributed by atoms with van der Waals surface area (Å²) in [5, 5.41) is 0. The molecule has 1 aromatic carbocycles. The smallest absolute Gasteiger partial charge is 0.235 e. The minimum atomic E-state index is -1.50. The van der Waals surface area contributed by atoms with Crippen LogP contribution < -0.4 is 4.74 Å². The summed E-state index contributed by atoms with van der Waals surface area (Å²) in [7, 11) is 0. The summed E-state index contributed by atoms with van der Waals surface area (Å²) >= 11 is 0. The van der Waals surface area contributed by atoms with E-state index in [1.54, 1.807) is 6.07 Å². The minimum absolute atomic E-state index is 0.0435. The van der Waals surface area contributed by atoms with E-state index < -0.39 is 12.2 Å². The molecule has 1 aromatic rings. The molecule has 0 saturated heterocycles. The van der Waals surface area contributed by atoms with Crippen molar-refractivity contribution in [2.45, 2.75) is 39.5 Å². The second kappa shape index (κ2) is 4.17. The molecule has 0 amide bonds. The van der Waals surface area contributed by atoms with Crippen LogP contribution in [0.4, 0.5) is 8.78 Å². The highest BCUT2D eigenvalue weighted by Gasteiger charge is 2.16. The molecule has 0 heterocycles. The largest absolute Gasteiger partial charge is 0.458 e. The van der Waals surface area contributed by atoms with Gasteiger partial charge in [0.2, 0.25) is 6.36 Å². The molecule has 0 spiro atoms. The van der Waals surface area contributed by atoms with Crippen LogP contribution in [0.2, 0.25) is 0 Å². The standard InChI is InChI=1S/C12H16F2O/c1-8(13)15-11-6-5-9(7-10(11)14)12(2,3)4/h5-8H,1-4H3. The molecule has 0 N–H and O–H groups in total. The van der Waals surface area contributed by atoms with E-state index in [4.69, 9.17) is 0 Å². The lowest BCUT2D eigenvalue weighted by molar-refractivity contribution is 0.0814. The summed E-state index contributed by atoms with van der Waals surface area (Å²) in [6, 6.07) is 4.60. The van der Waals surface area contributed by atoms with Gasteiger partial charge >= 0.3 is 0 Å². The van der Waals surface area contributed by atoms with Crippen LogP contribution in [0.25, 0.3) is 0 Å². The maximum atomic E-state index is 13.4. The van der Waals surface area contributed by atoms with E-state index in [2.05, 4.69) is 4.74 Å². The predicted octanol–water partition coefficient (Wildman–Crippen LogP) is 3.82. The van der Waals surface area contributed by atoms with Crippen LogP contribution in [0.1, 0.15) is 33.3 Å². The van der Waals surface area contributed by atoms with Gasteiger partial charge in [0.25, 0.3) is 0 Å². The van der Waals surface area contributed by atoms with Gasteiger partial charge in [0, 0.05) is 6.92 Å². The molecule has 0 bridgehead atoms. The average Bonchev–Trinajstić information content (AvgIpc) is 2.05. The van der Waals surface area contributed by atoms with Crippen molar-refractivity contribution in [2.75, 3.05) is 0 Å². The normalized spacial score (nSPS) is 13.7. The Hall–Kier alpha value is -1.12. The lowest BCUT2D eigenvalue weighted by Crippen LogP contribution is -2.12. The van der Waals surface area contributed by atoms with Crippen molar-refractivity contribution in [1.29, 1.82) is 0 Å². The second-order valence-corrected chi connectivity index (χ2v) is 4.56. The summed E-state index contributed by atoms with van der Waals surface area (Å²) in [5.41, 5.74) is 0.736. The highest BCUT2D eigenvalue weighted by Crippen LogP contribution is 2.27. The van der Waals surface area contributed by atoms with Gasteiger partial charge < -0.3 is 4.74 Å². The number of hydrogen-bond acceptors (Lipinski definition) is 1. The first-order valence-electron chi connectivity index (χ1n) is 4.91. The quantitative estimate of drug-likeness (QED) is 0.727. The lowest BCUT2D eigenvalue weighted by atomic mass is 9.87. The zero-order valence-corrected chi connectivity index (χ0v) is 9.47. The van der Waals surface area contributed by atoms with Gasteiger partial charge in [-0.05, 0) is 23.1 Å². The maximum Gasteiger partial charge on any atom is 0.235 e. The highest BCUT2D eigenvalue weighted by atomic mass is 19.1. The van der Waals surface area contributed by atoms with Gasteiger partial charge in [0.05, 0.1) is 0 Å². The molecule has 0 aromatic heterocycles. The van der Waals surface area contributed by atoms with Gasteiger partial charge in [0.15, 0.2) is 11.6 Å². The van der Waals surface area contributed by atoms with Gasteiger partial charge in [-0.15, -0.1) is 0 Å². The van der Waals surface area contributed by atoms with E-state index in [-0.39, 0.29) is 11.2 Å². The Morgan fingerprint density at radius 2 is 1.87 bits per heavy atom. The first kappa shape index (κ1) is 12.0. The number of ether oxygens (including phenoxy) is 1. The summed E-state index contributed by atoms with van der Waals surface area (Å²) in [4.78, 5) is 0. The number of rotatable bonds is 2. The molecule has 1 nitrogen and oxygen atoms in total. The third-order valence-electron chi connectivity index (χ3n) is 2.09. The van der Waals surface area contributed by atoms with Crippen LogP contribution in [-0.2, 0) is 5.41 Å². The van der Waals surface area contributed by atoms with Crippen LogP contribution in [0.15, 0.2) is 18.2 Å². The number of benzene rings is 1. The molecule has 84 valence electrons. The van der Waals surface area contributed by atoms with E-state index in [9.17, 15) is 8.78 Å². The van der Waals surface area contributed by atoms with E-state index in [1.807, 2.05) is 20.8 Å². The zero-order valence-electron chi connectivity index (χ0n) is 9.47. The molecule has 15 heavy (non-hydrogen) atoms. The first-order chi connectivity index (χ1) is 6.80. The van der Waals surface area contributed by atoms with Crippen molar-refractivity contribution in [2.24, 2.45) is 0 Å². The fraction of sp³-hybridized carbons (Fsp3) is 0.500. The van der Waals surface area contributed by atoms with Gasteiger partial charge in [-0.1, -0.05) is 26.8 Å². The average molecular weight is 214 g/mol. The SMILES string of the molecule is CC(F)Oc1ccc(C(C)(C)C)cc1F. The third kappa shape index (κ3) is 3.18. The van der Waals surface area contributed by atoms with Crippen molar-refractivity contribution in [3.63, 3.8) is 0 Å². The fourth-order valence-electron chi connectivity index (χ4n) is 1.24. The van der Waals surface area contributed by atoms with E-state index in [0.29, 0.717) is 0 Å². The summed E-state index contributed by atoms with van der Waals surface area (Å²) < 4.78 is 30.6. The predicted molar refractivity (Wildman–Crippen MR) is 56.3 cm³/mol. The topological polar surface area (TPSA) is 9.23 Å². The Labute approximate surface area is 89.1 Å². The molecule has 0 aliphatic carbocycles. The fourth-order valence-corrected chi connectivity index (χ4v) is 1.24. The van der Waals surface area contributed by atoms with E-state index in [0.717, 1.165) is 5.56 Å². The van der Waals surface area contributed by atoms with Gasteiger partial charge in [0.1, 0.15) is 0 Å². The number of halogens is 2. The van der Waals surface area contributed by atoms with Gasteiger partial charge in [-0.2, -0.15) is 0 Å². The Morgan fingerprint density at radius 1 is 1.27 bits per heavy atom. The van der Waals surface area contributed by atoms with Crippen molar-refractivity contribution in [1.82, 2.24) is 0 Å². The van der Waals surface area contributed by atoms with Crippen LogP contribution in [0.3, 0.4) is 0 Å². The molecule has 0 radical (unpaired) electrons. The Balaban J connectivity index is 2.98.